The van der Waals surface area contributed by atoms with Gasteiger partial charge < -0.3 is 15.2 Å². The molecule has 2 N–H and O–H groups in total. The largest absolute Gasteiger partial charge is 0.506 e. The second-order valence-corrected chi connectivity index (χ2v) is 3.97. The monoisotopic (exact) mass is 248 g/mol. The second-order valence-electron chi connectivity index (χ2n) is 3.97. The molecular weight excluding hydrogens is 232 g/mol. The molecule has 6 nitrogen and oxygen atoms in total. The molecule has 0 saturated heterocycles. The van der Waals surface area contributed by atoms with E-state index in [1.165, 1.54) is 0 Å². The summed E-state index contributed by atoms with van der Waals surface area (Å²) in [5, 5.41) is 17.0. The van der Waals surface area contributed by atoms with Crippen LogP contribution in [0.15, 0.2) is 18.2 Å². The first-order valence-electron chi connectivity index (χ1n) is 5.57. The number of rotatable bonds is 4. The average molecular weight is 248 g/mol. The molecule has 96 valence electrons. The number of aromatic nitrogens is 3. The Bertz CT molecular complexity index is 551. The molecule has 2 aromatic heterocycles. The van der Waals surface area contributed by atoms with Gasteiger partial charge in [0.15, 0.2) is 5.82 Å². The number of hydrogen-bond donors (Lipinski definition) is 2. The fourth-order valence-electron chi connectivity index (χ4n) is 1.64. The molecule has 0 aromatic carbocycles. The van der Waals surface area contributed by atoms with Gasteiger partial charge in [-0.05, 0) is 19.1 Å². The zero-order chi connectivity index (χ0) is 13.1. The predicted molar refractivity (Wildman–Crippen MR) is 67.7 cm³/mol. The highest BCUT2D eigenvalue weighted by atomic mass is 16.5. The topological polar surface area (TPSA) is 72.2 Å². The van der Waals surface area contributed by atoms with E-state index in [1.54, 1.807) is 37.0 Å². The van der Waals surface area contributed by atoms with E-state index in [0.717, 1.165) is 5.69 Å². The molecule has 0 aliphatic heterocycles. The van der Waals surface area contributed by atoms with Gasteiger partial charge in [-0.2, -0.15) is 5.10 Å². The van der Waals surface area contributed by atoms with Crippen LogP contribution in [0.25, 0.3) is 0 Å². The van der Waals surface area contributed by atoms with E-state index in [-0.39, 0.29) is 5.75 Å². The Morgan fingerprint density at radius 1 is 1.44 bits per heavy atom. The highest BCUT2D eigenvalue weighted by Crippen LogP contribution is 2.18. The summed E-state index contributed by atoms with van der Waals surface area (Å²) in [6, 6.07) is 5.19. The molecule has 0 amide bonds. The molecule has 2 heterocycles. The molecule has 0 spiro atoms. The maximum absolute atomic E-state index is 9.67. The van der Waals surface area contributed by atoms with Gasteiger partial charge in [0, 0.05) is 18.8 Å². The van der Waals surface area contributed by atoms with Crippen molar-refractivity contribution in [3.05, 3.63) is 29.6 Å². The van der Waals surface area contributed by atoms with E-state index >= 15 is 0 Å². The second kappa shape index (κ2) is 4.95. The Hall–Kier alpha value is -2.24. The van der Waals surface area contributed by atoms with Crippen LogP contribution in [0, 0.1) is 6.92 Å². The first kappa shape index (κ1) is 12.2. The Balaban J connectivity index is 2.08. The third kappa shape index (κ3) is 2.53. The lowest BCUT2D eigenvalue weighted by molar-refractivity contribution is 0.373. The number of aromatic hydroxyl groups is 1. The van der Waals surface area contributed by atoms with E-state index in [0.29, 0.717) is 23.9 Å². The third-order valence-electron chi connectivity index (χ3n) is 2.57. The van der Waals surface area contributed by atoms with Crippen molar-refractivity contribution in [3.8, 4) is 11.6 Å². The van der Waals surface area contributed by atoms with Crippen molar-refractivity contribution in [1.29, 1.82) is 0 Å². The first-order chi connectivity index (χ1) is 8.60. The fraction of sp³-hybridized carbons (Fsp3) is 0.333. The molecule has 0 unspecified atom stereocenters. The van der Waals surface area contributed by atoms with Crippen LogP contribution in [0.4, 0.5) is 5.82 Å². The smallest absolute Gasteiger partial charge is 0.213 e. The first-order valence-corrected chi connectivity index (χ1v) is 5.57. The maximum Gasteiger partial charge on any atom is 0.213 e. The highest BCUT2D eigenvalue weighted by Gasteiger charge is 2.07. The van der Waals surface area contributed by atoms with Crippen molar-refractivity contribution in [3.63, 3.8) is 0 Å². The molecule has 18 heavy (non-hydrogen) atoms. The number of pyridine rings is 1. The van der Waals surface area contributed by atoms with Gasteiger partial charge in [-0.3, -0.25) is 4.98 Å². The third-order valence-corrected chi connectivity index (χ3v) is 2.57. The van der Waals surface area contributed by atoms with E-state index < -0.39 is 0 Å². The molecule has 0 aliphatic rings. The van der Waals surface area contributed by atoms with Gasteiger partial charge in [0.1, 0.15) is 11.4 Å². The van der Waals surface area contributed by atoms with Crippen LogP contribution >= 0.6 is 0 Å². The van der Waals surface area contributed by atoms with Gasteiger partial charge in [0.05, 0.1) is 13.7 Å². The van der Waals surface area contributed by atoms with Crippen molar-refractivity contribution in [2.75, 3.05) is 12.4 Å². The number of methoxy groups -OCH3 is 1. The van der Waals surface area contributed by atoms with E-state index in [9.17, 15) is 5.11 Å². The van der Waals surface area contributed by atoms with Crippen molar-refractivity contribution < 1.29 is 9.84 Å². The molecule has 0 atom stereocenters. The van der Waals surface area contributed by atoms with E-state index in [1.807, 2.05) is 6.92 Å². The van der Waals surface area contributed by atoms with Crippen molar-refractivity contribution in [2.24, 2.45) is 7.05 Å². The molecule has 6 heteroatoms. The summed E-state index contributed by atoms with van der Waals surface area (Å²) >= 11 is 0. The van der Waals surface area contributed by atoms with Crippen LogP contribution in [-0.4, -0.2) is 27.0 Å². The van der Waals surface area contributed by atoms with Crippen molar-refractivity contribution >= 4 is 5.82 Å². The minimum absolute atomic E-state index is 0.177. The number of ether oxygens (including phenoxy) is 1. The van der Waals surface area contributed by atoms with Crippen LogP contribution in [-0.2, 0) is 13.6 Å². The standard InChI is InChI=1S/C12H16N4O2/c1-8-4-5-10(17)9(14-8)7-13-11-6-12(18-3)16(2)15-11/h4-6,17H,7H2,1-3H3,(H,13,15). The molecular formula is C12H16N4O2. The molecule has 0 bridgehead atoms. The number of anilines is 1. The van der Waals surface area contributed by atoms with Crippen molar-refractivity contribution in [1.82, 2.24) is 14.8 Å². The zero-order valence-corrected chi connectivity index (χ0v) is 10.6. The number of nitrogens with one attached hydrogen (secondary N) is 1. The Labute approximate surface area is 105 Å². The maximum atomic E-state index is 9.67. The lowest BCUT2D eigenvalue weighted by Gasteiger charge is -2.05. The zero-order valence-electron chi connectivity index (χ0n) is 10.6. The fourth-order valence-corrected chi connectivity index (χ4v) is 1.64. The summed E-state index contributed by atoms with van der Waals surface area (Å²) in [5.41, 5.74) is 1.46. The Kier molecular flexibility index (Phi) is 3.36. The summed E-state index contributed by atoms with van der Waals surface area (Å²) < 4.78 is 6.75. The summed E-state index contributed by atoms with van der Waals surface area (Å²) in [4.78, 5) is 4.26. The van der Waals surface area contributed by atoms with E-state index in [2.05, 4.69) is 15.4 Å². The van der Waals surface area contributed by atoms with Crippen LogP contribution in [0.2, 0.25) is 0 Å². The highest BCUT2D eigenvalue weighted by molar-refractivity contribution is 5.40. The van der Waals surface area contributed by atoms with Gasteiger partial charge >= 0.3 is 0 Å². The van der Waals surface area contributed by atoms with Crippen LogP contribution < -0.4 is 10.1 Å². The Morgan fingerprint density at radius 3 is 2.89 bits per heavy atom. The quantitative estimate of drug-likeness (QED) is 0.856. The van der Waals surface area contributed by atoms with Crippen LogP contribution in [0.5, 0.6) is 11.6 Å². The molecule has 0 aliphatic carbocycles. The predicted octanol–water partition coefficient (Wildman–Crippen LogP) is 1.45. The Morgan fingerprint density at radius 2 is 2.22 bits per heavy atom. The molecule has 2 aromatic rings. The summed E-state index contributed by atoms with van der Waals surface area (Å²) in [6.45, 7) is 2.29. The van der Waals surface area contributed by atoms with Crippen LogP contribution in [0.1, 0.15) is 11.4 Å². The minimum atomic E-state index is 0.177. The van der Waals surface area contributed by atoms with Gasteiger partial charge in [0.2, 0.25) is 5.88 Å². The van der Waals surface area contributed by atoms with Gasteiger partial charge in [-0.1, -0.05) is 0 Å². The summed E-state index contributed by atoms with van der Waals surface area (Å²) in [7, 11) is 3.39. The SMILES string of the molecule is COc1cc(NCc2nc(C)ccc2O)nn1C. The van der Waals surface area contributed by atoms with Crippen molar-refractivity contribution in [2.45, 2.75) is 13.5 Å². The van der Waals surface area contributed by atoms with E-state index in [4.69, 9.17) is 4.74 Å². The normalized spacial score (nSPS) is 10.4. The molecule has 0 fully saturated rings. The summed E-state index contributed by atoms with van der Waals surface area (Å²) in [6.07, 6.45) is 0. The van der Waals surface area contributed by atoms with Crippen LogP contribution in [0.3, 0.4) is 0 Å². The number of hydrogen-bond acceptors (Lipinski definition) is 5. The number of nitrogens with zero attached hydrogens (tertiary/aromatic N) is 3. The molecule has 0 radical (unpaired) electrons. The van der Waals surface area contributed by atoms with Gasteiger partial charge in [-0.25, -0.2) is 4.68 Å². The molecule has 2 rings (SSSR count). The average Bonchev–Trinajstić information content (AvgIpc) is 2.71. The van der Waals surface area contributed by atoms with Gasteiger partial charge in [0.25, 0.3) is 0 Å². The lowest BCUT2D eigenvalue weighted by atomic mass is 10.3. The summed E-state index contributed by atoms with van der Waals surface area (Å²) in [5.74, 6) is 1.52. The minimum Gasteiger partial charge on any atom is -0.506 e. The lowest BCUT2D eigenvalue weighted by Crippen LogP contribution is -2.03. The van der Waals surface area contributed by atoms with Gasteiger partial charge in [-0.15, -0.1) is 0 Å². The molecule has 0 saturated carbocycles. The number of aryl methyl sites for hydroxylation is 2.